The molecule has 1 atom stereocenters. The standard InChI is InChI=1S/C14H14N2O2/c17-14(18)12-2-1-11-5-10(6-13(11)7-12)8-16-4-3-15-9-16/h1-4,7,9-10H,5-6,8H2,(H,17,18)/t10-/m0/s1. The summed E-state index contributed by atoms with van der Waals surface area (Å²) in [6.45, 7) is 0.942. The second-order valence-electron chi connectivity index (χ2n) is 4.82. The lowest BCUT2D eigenvalue weighted by Gasteiger charge is -2.08. The summed E-state index contributed by atoms with van der Waals surface area (Å²) in [6.07, 6.45) is 7.55. The SMILES string of the molecule is O=C(O)c1ccc2c(c1)C[C@@H](Cn1ccnc1)C2. The van der Waals surface area contributed by atoms with Gasteiger partial charge in [0.2, 0.25) is 0 Å². The van der Waals surface area contributed by atoms with Crippen LogP contribution in [0, 0.1) is 5.92 Å². The molecule has 0 spiro atoms. The molecule has 1 aliphatic rings. The number of aromatic carboxylic acids is 1. The lowest BCUT2D eigenvalue weighted by Crippen LogP contribution is -2.09. The van der Waals surface area contributed by atoms with E-state index < -0.39 is 5.97 Å². The lowest BCUT2D eigenvalue weighted by molar-refractivity contribution is 0.0697. The van der Waals surface area contributed by atoms with E-state index in [0.29, 0.717) is 11.5 Å². The predicted octanol–water partition coefficient (Wildman–Crippen LogP) is 2.00. The van der Waals surface area contributed by atoms with Gasteiger partial charge in [0.1, 0.15) is 0 Å². The van der Waals surface area contributed by atoms with Gasteiger partial charge in [0.05, 0.1) is 11.9 Å². The summed E-state index contributed by atoms with van der Waals surface area (Å²) in [5, 5.41) is 8.98. The maximum Gasteiger partial charge on any atom is 0.335 e. The van der Waals surface area contributed by atoms with Gasteiger partial charge in [-0.2, -0.15) is 0 Å². The molecular weight excluding hydrogens is 228 g/mol. The molecule has 0 radical (unpaired) electrons. The maximum absolute atomic E-state index is 10.9. The van der Waals surface area contributed by atoms with Crippen molar-refractivity contribution in [1.29, 1.82) is 0 Å². The molecular formula is C14H14N2O2. The van der Waals surface area contributed by atoms with Gasteiger partial charge < -0.3 is 9.67 Å². The van der Waals surface area contributed by atoms with Crippen molar-refractivity contribution in [1.82, 2.24) is 9.55 Å². The number of fused-ring (bicyclic) bond motifs is 1. The average molecular weight is 242 g/mol. The van der Waals surface area contributed by atoms with Gasteiger partial charge in [-0.3, -0.25) is 0 Å². The average Bonchev–Trinajstić information content (AvgIpc) is 2.96. The second-order valence-corrected chi connectivity index (χ2v) is 4.82. The molecule has 0 amide bonds. The summed E-state index contributed by atoms with van der Waals surface area (Å²) in [4.78, 5) is 15.0. The Morgan fingerprint density at radius 3 is 2.94 bits per heavy atom. The van der Waals surface area contributed by atoms with Crippen LogP contribution in [-0.2, 0) is 19.4 Å². The van der Waals surface area contributed by atoms with Crippen molar-refractivity contribution in [2.45, 2.75) is 19.4 Å². The summed E-state index contributed by atoms with van der Waals surface area (Å²) in [5.74, 6) is -0.311. The molecule has 4 heteroatoms. The summed E-state index contributed by atoms with van der Waals surface area (Å²) in [7, 11) is 0. The number of carbonyl (C=O) groups is 1. The highest BCUT2D eigenvalue weighted by Gasteiger charge is 2.22. The highest BCUT2D eigenvalue weighted by atomic mass is 16.4. The number of imidazole rings is 1. The molecule has 1 aliphatic carbocycles. The fraction of sp³-hybridized carbons (Fsp3) is 0.286. The van der Waals surface area contributed by atoms with E-state index in [-0.39, 0.29) is 0 Å². The van der Waals surface area contributed by atoms with Crippen molar-refractivity contribution >= 4 is 5.97 Å². The third-order valence-corrected chi connectivity index (χ3v) is 3.50. The Labute approximate surface area is 105 Å². The first kappa shape index (κ1) is 11.0. The van der Waals surface area contributed by atoms with E-state index in [1.165, 1.54) is 11.1 Å². The van der Waals surface area contributed by atoms with Crippen molar-refractivity contribution in [3.05, 3.63) is 53.6 Å². The van der Waals surface area contributed by atoms with E-state index in [1.807, 2.05) is 24.7 Å². The molecule has 1 N–H and O–H groups in total. The molecule has 0 saturated heterocycles. The van der Waals surface area contributed by atoms with Crippen LogP contribution in [-0.4, -0.2) is 20.6 Å². The van der Waals surface area contributed by atoms with E-state index in [0.717, 1.165) is 19.4 Å². The zero-order chi connectivity index (χ0) is 12.5. The van der Waals surface area contributed by atoms with E-state index in [2.05, 4.69) is 9.55 Å². The Hall–Kier alpha value is -2.10. The van der Waals surface area contributed by atoms with Crippen molar-refractivity contribution in [2.24, 2.45) is 5.92 Å². The van der Waals surface area contributed by atoms with Crippen LogP contribution in [0.3, 0.4) is 0 Å². The van der Waals surface area contributed by atoms with Crippen LogP contribution in [0.15, 0.2) is 36.9 Å². The fourth-order valence-electron chi connectivity index (χ4n) is 2.66. The number of carboxylic acid groups (broad SMARTS) is 1. The molecule has 1 heterocycles. The van der Waals surface area contributed by atoms with Crippen molar-refractivity contribution < 1.29 is 9.90 Å². The molecule has 0 fully saturated rings. The molecule has 18 heavy (non-hydrogen) atoms. The van der Waals surface area contributed by atoms with E-state index in [1.54, 1.807) is 12.3 Å². The van der Waals surface area contributed by atoms with Crippen LogP contribution >= 0.6 is 0 Å². The number of nitrogens with zero attached hydrogens (tertiary/aromatic N) is 2. The first-order valence-electron chi connectivity index (χ1n) is 6.03. The van der Waals surface area contributed by atoms with E-state index in [9.17, 15) is 4.79 Å². The summed E-state index contributed by atoms with van der Waals surface area (Å²) >= 11 is 0. The number of rotatable bonds is 3. The Morgan fingerprint density at radius 1 is 1.39 bits per heavy atom. The lowest BCUT2D eigenvalue weighted by atomic mass is 10.1. The fourth-order valence-corrected chi connectivity index (χ4v) is 2.66. The third-order valence-electron chi connectivity index (χ3n) is 3.50. The Bertz CT molecular complexity index is 575. The van der Waals surface area contributed by atoms with Gasteiger partial charge in [-0.15, -0.1) is 0 Å². The number of hydrogen-bond acceptors (Lipinski definition) is 2. The normalized spacial score (nSPS) is 17.7. The molecule has 1 aromatic carbocycles. The topological polar surface area (TPSA) is 55.1 Å². The van der Waals surface area contributed by atoms with Crippen LogP contribution in [0.2, 0.25) is 0 Å². The molecule has 92 valence electrons. The van der Waals surface area contributed by atoms with Crippen LogP contribution in [0.25, 0.3) is 0 Å². The number of aromatic nitrogens is 2. The summed E-state index contributed by atoms with van der Waals surface area (Å²) < 4.78 is 2.08. The minimum absolute atomic E-state index is 0.386. The van der Waals surface area contributed by atoms with Gasteiger partial charge in [-0.1, -0.05) is 6.07 Å². The Kier molecular flexibility index (Phi) is 2.63. The first-order chi connectivity index (χ1) is 8.72. The Balaban J connectivity index is 1.77. The molecule has 4 nitrogen and oxygen atoms in total. The summed E-state index contributed by atoms with van der Waals surface area (Å²) in [5.41, 5.74) is 2.85. The Morgan fingerprint density at radius 2 is 2.22 bits per heavy atom. The summed E-state index contributed by atoms with van der Waals surface area (Å²) in [6, 6.07) is 5.46. The molecule has 0 saturated carbocycles. The van der Waals surface area contributed by atoms with Gasteiger partial charge in [0.15, 0.2) is 0 Å². The smallest absolute Gasteiger partial charge is 0.335 e. The van der Waals surface area contributed by atoms with Crippen LogP contribution in [0.4, 0.5) is 0 Å². The molecule has 2 aromatic rings. The largest absolute Gasteiger partial charge is 0.478 e. The monoisotopic (exact) mass is 242 g/mol. The van der Waals surface area contributed by atoms with Gasteiger partial charge in [-0.25, -0.2) is 9.78 Å². The van der Waals surface area contributed by atoms with Gasteiger partial charge >= 0.3 is 5.97 Å². The van der Waals surface area contributed by atoms with Gasteiger partial charge in [0, 0.05) is 18.9 Å². The number of carboxylic acids is 1. The molecule has 3 rings (SSSR count). The van der Waals surface area contributed by atoms with Crippen molar-refractivity contribution in [2.75, 3.05) is 0 Å². The maximum atomic E-state index is 10.9. The highest BCUT2D eigenvalue weighted by molar-refractivity contribution is 5.88. The van der Waals surface area contributed by atoms with Crippen LogP contribution in [0.5, 0.6) is 0 Å². The van der Waals surface area contributed by atoms with Gasteiger partial charge in [-0.05, 0) is 42.0 Å². The van der Waals surface area contributed by atoms with Crippen LogP contribution < -0.4 is 0 Å². The zero-order valence-electron chi connectivity index (χ0n) is 9.91. The third kappa shape index (κ3) is 2.01. The molecule has 0 unspecified atom stereocenters. The number of hydrogen-bond donors (Lipinski definition) is 1. The molecule has 1 aromatic heterocycles. The van der Waals surface area contributed by atoms with E-state index >= 15 is 0 Å². The number of benzene rings is 1. The van der Waals surface area contributed by atoms with Crippen molar-refractivity contribution in [3.8, 4) is 0 Å². The quantitative estimate of drug-likeness (QED) is 0.895. The zero-order valence-corrected chi connectivity index (χ0v) is 9.91. The highest BCUT2D eigenvalue weighted by Crippen LogP contribution is 2.28. The van der Waals surface area contributed by atoms with E-state index in [4.69, 9.17) is 5.11 Å². The van der Waals surface area contributed by atoms with Crippen molar-refractivity contribution in [3.63, 3.8) is 0 Å². The molecule has 0 aliphatic heterocycles. The second kappa shape index (κ2) is 4.29. The molecule has 0 bridgehead atoms. The first-order valence-corrected chi connectivity index (χ1v) is 6.03. The minimum atomic E-state index is -0.851. The minimum Gasteiger partial charge on any atom is -0.478 e. The van der Waals surface area contributed by atoms with Crippen LogP contribution in [0.1, 0.15) is 21.5 Å². The predicted molar refractivity (Wildman–Crippen MR) is 66.5 cm³/mol. The van der Waals surface area contributed by atoms with Gasteiger partial charge in [0.25, 0.3) is 0 Å².